The fourth-order valence-electron chi connectivity index (χ4n) is 1.94. The van der Waals surface area contributed by atoms with Crippen molar-refractivity contribution in [2.24, 2.45) is 11.7 Å². The second-order valence-electron chi connectivity index (χ2n) is 4.14. The van der Waals surface area contributed by atoms with Gasteiger partial charge in [-0.1, -0.05) is 0 Å². The smallest absolute Gasteiger partial charge is 0.326 e. The van der Waals surface area contributed by atoms with E-state index in [-0.39, 0.29) is 31.1 Å². The van der Waals surface area contributed by atoms with Crippen LogP contribution in [-0.4, -0.2) is 52.1 Å². The predicted octanol–water partition coefficient (Wildman–Crippen LogP) is -0.888. The standard InChI is InChI=1S/C10H16N2O5/c11-4-6-3-8(13)12(5-6)7(10(16)17)1-2-9(14)15/h6-7H,1-5,11H2,(H,14,15)(H,16,17)/t6?,7-/m1/s1. The third-order valence-electron chi connectivity index (χ3n) is 2.86. The molecule has 1 unspecified atom stereocenters. The van der Waals surface area contributed by atoms with E-state index in [4.69, 9.17) is 15.9 Å². The summed E-state index contributed by atoms with van der Waals surface area (Å²) in [6, 6.07) is -1.06. The molecular formula is C10H16N2O5. The van der Waals surface area contributed by atoms with Gasteiger partial charge in [-0.05, 0) is 18.9 Å². The zero-order valence-electron chi connectivity index (χ0n) is 9.33. The molecular weight excluding hydrogens is 228 g/mol. The highest BCUT2D eigenvalue weighted by Crippen LogP contribution is 2.21. The van der Waals surface area contributed by atoms with Crippen LogP contribution in [0.2, 0.25) is 0 Å². The molecule has 0 saturated carbocycles. The maximum atomic E-state index is 11.6. The number of carbonyl (C=O) groups is 3. The Bertz CT molecular complexity index is 331. The van der Waals surface area contributed by atoms with Crippen LogP contribution in [0.5, 0.6) is 0 Å². The summed E-state index contributed by atoms with van der Waals surface area (Å²) < 4.78 is 0. The van der Waals surface area contributed by atoms with Crippen molar-refractivity contribution in [1.29, 1.82) is 0 Å². The lowest BCUT2D eigenvalue weighted by Crippen LogP contribution is -2.42. The minimum absolute atomic E-state index is 0.0332. The number of carbonyl (C=O) groups excluding carboxylic acids is 1. The number of likely N-dealkylation sites (tertiary alicyclic amines) is 1. The Hall–Kier alpha value is -1.63. The van der Waals surface area contributed by atoms with Crippen LogP contribution in [0.25, 0.3) is 0 Å². The second kappa shape index (κ2) is 5.62. The van der Waals surface area contributed by atoms with Crippen LogP contribution < -0.4 is 5.73 Å². The molecule has 0 radical (unpaired) electrons. The number of rotatable bonds is 6. The van der Waals surface area contributed by atoms with Crippen molar-refractivity contribution in [1.82, 2.24) is 4.90 Å². The molecule has 1 aliphatic rings. The highest BCUT2D eigenvalue weighted by molar-refractivity contribution is 5.85. The Morgan fingerprint density at radius 2 is 2.12 bits per heavy atom. The van der Waals surface area contributed by atoms with Gasteiger partial charge in [-0.25, -0.2) is 4.79 Å². The van der Waals surface area contributed by atoms with E-state index in [2.05, 4.69) is 0 Å². The monoisotopic (exact) mass is 244 g/mol. The average molecular weight is 244 g/mol. The molecule has 96 valence electrons. The van der Waals surface area contributed by atoms with E-state index in [1.54, 1.807) is 0 Å². The summed E-state index contributed by atoms with van der Waals surface area (Å²) in [6.07, 6.45) is -0.102. The summed E-state index contributed by atoms with van der Waals surface area (Å²) >= 11 is 0. The van der Waals surface area contributed by atoms with Gasteiger partial charge in [0.2, 0.25) is 5.91 Å². The number of aliphatic carboxylic acids is 2. The lowest BCUT2D eigenvalue weighted by Gasteiger charge is -2.24. The molecule has 0 aromatic rings. The van der Waals surface area contributed by atoms with Crippen LogP contribution in [0.1, 0.15) is 19.3 Å². The van der Waals surface area contributed by atoms with E-state index in [9.17, 15) is 14.4 Å². The van der Waals surface area contributed by atoms with Crippen molar-refractivity contribution >= 4 is 17.8 Å². The normalized spacial score (nSPS) is 21.6. The summed E-state index contributed by atoms with van der Waals surface area (Å²) in [4.78, 5) is 34.3. The zero-order chi connectivity index (χ0) is 13.0. The van der Waals surface area contributed by atoms with E-state index < -0.39 is 18.0 Å². The van der Waals surface area contributed by atoms with Crippen LogP contribution in [0.4, 0.5) is 0 Å². The predicted molar refractivity (Wildman–Crippen MR) is 57.2 cm³/mol. The van der Waals surface area contributed by atoms with Crippen LogP contribution in [0.15, 0.2) is 0 Å². The van der Waals surface area contributed by atoms with Gasteiger partial charge in [0, 0.05) is 19.4 Å². The van der Waals surface area contributed by atoms with Gasteiger partial charge in [-0.2, -0.15) is 0 Å². The largest absolute Gasteiger partial charge is 0.481 e. The molecule has 1 rings (SSSR count). The topological polar surface area (TPSA) is 121 Å². The van der Waals surface area contributed by atoms with E-state index in [0.717, 1.165) is 0 Å². The first-order valence-corrected chi connectivity index (χ1v) is 5.39. The van der Waals surface area contributed by atoms with Gasteiger partial charge in [0.15, 0.2) is 0 Å². The summed E-state index contributed by atoms with van der Waals surface area (Å²) in [7, 11) is 0. The number of amides is 1. The quantitative estimate of drug-likeness (QED) is 0.557. The fourth-order valence-corrected chi connectivity index (χ4v) is 1.94. The summed E-state index contributed by atoms with van der Waals surface area (Å²) in [5.41, 5.74) is 5.44. The van der Waals surface area contributed by atoms with Crippen molar-refractivity contribution in [3.8, 4) is 0 Å². The molecule has 7 nitrogen and oxygen atoms in total. The molecule has 7 heteroatoms. The van der Waals surface area contributed by atoms with E-state index in [0.29, 0.717) is 13.1 Å². The Labute approximate surface area is 98.2 Å². The van der Waals surface area contributed by atoms with Crippen LogP contribution in [-0.2, 0) is 14.4 Å². The molecule has 0 bridgehead atoms. The van der Waals surface area contributed by atoms with Crippen molar-refractivity contribution in [3.63, 3.8) is 0 Å². The van der Waals surface area contributed by atoms with Crippen molar-refractivity contribution in [2.75, 3.05) is 13.1 Å². The van der Waals surface area contributed by atoms with E-state index in [1.165, 1.54) is 4.90 Å². The summed E-state index contributed by atoms with van der Waals surface area (Å²) in [5.74, 6) is -2.54. The fraction of sp³-hybridized carbons (Fsp3) is 0.700. The molecule has 1 saturated heterocycles. The summed E-state index contributed by atoms with van der Waals surface area (Å²) in [6.45, 7) is 0.624. The van der Waals surface area contributed by atoms with Gasteiger partial charge < -0.3 is 20.8 Å². The minimum atomic E-state index is -1.17. The molecule has 2 atom stereocenters. The minimum Gasteiger partial charge on any atom is -0.481 e. The van der Waals surface area contributed by atoms with E-state index >= 15 is 0 Å². The van der Waals surface area contributed by atoms with Crippen LogP contribution in [0.3, 0.4) is 0 Å². The number of hydrogen-bond acceptors (Lipinski definition) is 4. The number of hydrogen-bond donors (Lipinski definition) is 3. The Kier molecular flexibility index (Phi) is 4.45. The SMILES string of the molecule is NCC1CC(=O)N([C@H](CCC(=O)O)C(=O)O)C1. The maximum absolute atomic E-state index is 11.6. The van der Waals surface area contributed by atoms with Gasteiger partial charge in [0.25, 0.3) is 0 Å². The Morgan fingerprint density at radius 1 is 1.47 bits per heavy atom. The molecule has 0 spiro atoms. The van der Waals surface area contributed by atoms with Gasteiger partial charge in [0.05, 0.1) is 0 Å². The number of carboxylic acid groups (broad SMARTS) is 2. The lowest BCUT2D eigenvalue weighted by molar-refractivity contribution is -0.149. The van der Waals surface area contributed by atoms with Crippen LogP contribution in [0, 0.1) is 5.92 Å². The van der Waals surface area contributed by atoms with Crippen molar-refractivity contribution in [3.05, 3.63) is 0 Å². The average Bonchev–Trinajstić information content (AvgIpc) is 2.59. The van der Waals surface area contributed by atoms with Gasteiger partial charge in [-0.3, -0.25) is 9.59 Å². The third kappa shape index (κ3) is 3.42. The second-order valence-corrected chi connectivity index (χ2v) is 4.14. The number of carboxylic acids is 2. The number of nitrogens with zero attached hydrogens (tertiary/aromatic N) is 1. The molecule has 0 aromatic heterocycles. The Balaban J connectivity index is 2.67. The molecule has 0 aliphatic carbocycles. The molecule has 4 N–H and O–H groups in total. The first-order chi connectivity index (χ1) is 7.95. The molecule has 1 heterocycles. The van der Waals surface area contributed by atoms with Crippen LogP contribution >= 0.6 is 0 Å². The zero-order valence-corrected chi connectivity index (χ0v) is 9.33. The molecule has 0 aromatic carbocycles. The lowest BCUT2D eigenvalue weighted by atomic mass is 10.1. The maximum Gasteiger partial charge on any atom is 0.326 e. The van der Waals surface area contributed by atoms with Gasteiger partial charge in [-0.15, -0.1) is 0 Å². The number of nitrogens with two attached hydrogens (primary N) is 1. The third-order valence-corrected chi connectivity index (χ3v) is 2.86. The molecule has 1 fully saturated rings. The summed E-state index contributed by atoms with van der Waals surface area (Å²) in [5, 5.41) is 17.5. The van der Waals surface area contributed by atoms with Crippen molar-refractivity contribution < 1.29 is 24.6 Å². The highest BCUT2D eigenvalue weighted by Gasteiger charge is 2.37. The molecule has 1 aliphatic heterocycles. The molecule has 17 heavy (non-hydrogen) atoms. The first-order valence-electron chi connectivity index (χ1n) is 5.39. The van der Waals surface area contributed by atoms with Gasteiger partial charge in [0.1, 0.15) is 6.04 Å². The molecule has 1 amide bonds. The van der Waals surface area contributed by atoms with Crippen molar-refractivity contribution in [2.45, 2.75) is 25.3 Å². The van der Waals surface area contributed by atoms with Gasteiger partial charge >= 0.3 is 11.9 Å². The van der Waals surface area contributed by atoms with E-state index in [1.807, 2.05) is 0 Å². The first kappa shape index (κ1) is 13.4. The highest BCUT2D eigenvalue weighted by atomic mass is 16.4. The Morgan fingerprint density at radius 3 is 2.53 bits per heavy atom.